The van der Waals surface area contributed by atoms with E-state index in [9.17, 15) is 0 Å². The molecular formula is C10H12ClNOS. The van der Waals surface area contributed by atoms with E-state index in [0.717, 1.165) is 11.4 Å². The standard InChI is InChI=1S/C10H12ClNOS/c1-13-10-3-2-7(4-9(10)11)12-8-5-14-6-8/h2-4,8,12H,5-6H2,1H3. The molecule has 1 saturated heterocycles. The van der Waals surface area contributed by atoms with Gasteiger partial charge < -0.3 is 10.1 Å². The summed E-state index contributed by atoms with van der Waals surface area (Å²) in [5.74, 6) is 3.09. The predicted octanol–water partition coefficient (Wildman–Crippen LogP) is 2.88. The van der Waals surface area contributed by atoms with E-state index in [4.69, 9.17) is 16.3 Å². The van der Waals surface area contributed by atoms with Crippen molar-refractivity contribution in [1.82, 2.24) is 0 Å². The SMILES string of the molecule is COc1ccc(NC2CSC2)cc1Cl. The van der Waals surface area contributed by atoms with E-state index in [1.54, 1.807) is 7.11 Å². The molecule has 1 aromatic rings. The van der Waals surface area contributed by atoms with Gasteiger partial charge in [-0.3, -0.25) is 0 Å². The number of methoxy groups -OCH3 is 1. The average Bonchev–Trinajstić information content (AvgIpc) is 2.12. The van der Waals surface area contributed by atoms with Crippen molar-refractivity contribution in [2.24, 2.45) is 0 Å². The first kappa shape index (κ1) is 9.99. The molecule has 0 aliphatic carbocycles. The third-order valence-corrected chi connectivity index (χ3v) is 3.73. The molecule has 0 unspecified atom stereocenters. The number of benzene rings is 1. The molecule has 1 aromatic carbocycles. The minimum atomic E-state index is 0.601. The second-order valence-electron chi connectivity index (χ2n) is 3.23. The van der Waals surface area contributed by atoms with E-state index in [1.807, 2.05) is 30.0 Å². The summed E-state index contributed by atoms with van der Waals surface area (Å²) in [7, 11) is 1.62. The van der Waals surface area contributed by atoms with Gasteiger partial charge in [-0.05, 0) is 18.2 Å². The number of thioether (sulfide) groups is 1. The summed E-state index contributed by atoms with van der Waals surface area (Å²) in [4.78, 5) is 0. The summed E-state index contributed by atoms with van der Waals surface area (Å²) >= 11 is 7.96. The lowest BCUT2D eigenvalue weighted by molar-refractivity contribution is 0.415. The van der Waals surface area contributed by atoms with Crippen LogP contribution < -0.4 is 10.1 Å². The average molecular weight is 230 g/mol. The number of rotatable bonds is 3. The number of nitrogens with one attached hydrogen (secondary N) is 1. The van der Waals surface area contributed by atoms with Crippen molar-refractivity contribution in [2.45, 2.75) is 6.04 Å². The number of hydrogen-bond acceptors (Lipinski definition) is 3. The molecule has 1 N–H and O–H groups in total. The van der Waals surface area contributed by atoms with Crippen molar-refractivity contribution in [3.63, 3.8) is 0 Å². The van der Waals surface area contributed by atoms with Gasteiger partial charge in [-0.15, -0.1) is 0 Å². The first-order chi connectivity index (χ1) is 6.79. The van der Waals surface area contributed by atoms with E-state index in [2.05, 4.69) is 5.32 Å². The lowest BCUT2D eigenvalue weighted by Crippen LogP contribution is -2.33. The molecule has 1 heterocycles. The Labute approximate surface area is 93.0 Å². The highest BCUT2D eigenvalue weighted by Crippen LogP contribution is 2.29. The first-order valence-corrected chi connectivity index (χ1v) is 6.00. The molecule has 2 rings (SSSR count). The van der Waals surface area contributed by atoms with Crippen LogP contribution >= 0.6 is 23.4 Å². The maximum Gasteiger partial charge on any atom is 0.137 e. The fourth-order valence-electron chi connectivity index (χ4n) is 1.31. The third-order valence-electron chi connectivity index (χ3n) is 2.16. The highest BCUT2D eigenvalue weighted by Gasteiger charge is 2.17. The maximum atomic E-state index is 6.00. The van der Waals surface area contributed by atoms with Gasteiger partial charge in [0, 0.05) is 23.2 Å². The van der Waals surface area contributed by atoms with Crippen LogP contribution in [0.2, 0.25) is 5.02 Å². The van der Waals surface area contributed by atoms with Crippen LogP contribution in [0, 0.1) is 0 Å². The van der Waals surface area contributed by atoms with Crippen LogP contribution in [0.4, 0.5) is 5.69 Å². The van der Waals surface area contributed by atoms with E-state index >= 15 is 0 Å². The molecule has 1 aliphatic rings. The molecule has 1 aliphatic heterocycles. The van der Waals surface area contributed by atoms with Crippen LogP contribution in [0.15, 0.2) is 18.2 Å². The number of ether oxygens (including phenoxy) is 1. The highest BCUT2D eigenvalue weighted by molar-refractivity contribution is 8.00. The molecule has 2 nitrogen and oxygen atoms in total. The van der Waals surface area contributed by atoms with Gasteiger partial charge in [0.1, 0.15) is 5.75 Å². The molecule has 0 atom stereocenters. The molecule has 0 amide bonds. The minimum Gasteiger partial charge on any atom is -0.495 e. The van der Waals surface area contributed by atoms with Crippen LogP contribution in [0.25, 0.3) is 0 Å². The third kappa shape index (κ3) is 2.10. The smallest absolute Gasteiger partial charge is 0.137 e. The Kier molecular flexibility index (Phi) is 3.08. The van der Waals surface area contributed by atoms with Crippen molar-refractivity contribution in [1.29, 1.82) is 0 Å². The fourth-order valence-corrected chi connectivity index (χ4v) is 2.21. The van der Waals surface area contributed by atoms with Gasteiger partial charge in [0.25, 0.3) is 0 Å². The zero-order valence-electron chi connectivity index (χ0n) is 7.92. The Bertz CT molecular complexity index is 328. The molecule has 1 fully saturated rings. The van der Waals surface area contributed by atoms with Crippen molar-refractivity contribution in [3.05, 3.63) is 23.2 Å². The van der Waals surface area contributed by atoms with Gasteiger partial charge in [0.15, 0.2) is 0 Å². The van der Waals surface area contributed by atoms with Crippen molar-refractivity contribution in [2.75, 3.05) is 23.9 Å². The van der Waals surface area contributed by atoms with Gasteiger partial charge in [0.05, 0.1) is 12.1 Å². The Balaban J connectivity index is 2.07. The number of hydrogen-bond donors (Lipinski definition) is 1. The quantitative estimate of drug-likeness (QED) is 0.861. The lowest BCUT2D eigenvalue weighted by Gasteiger charge is -2.27. The number of halogens is 1. The van der Waals surface area contributed by atoms with Crippen molar-refractivity contribution in [3.8, 4) is 5.75 Å². The zero-order chi connectivity index (χ0) is 9.97. The summed E-state index contributed by atoms with van der Waals surface area (Å²) in [6, 6.07) is 6.39. The first-order valence-electron chi connectivity index (χ1n) is 4.47. The molecule has 4 heteroatoms. The van der Waals surface area contributed by atoms with Crippen molar-refractivity contribution < 1.29 is 4.74 Å². The van der Waals surface area contributed by atoms with Gasteiger partial charge in [-0.25, -0.2) is 0 Å². The van der Waals surface area contributed by atoms with Crippen LogP contribution in [0.5, 0.6) is 5.75 Å². The summed E-state index contributed by atoms with van der Waals surface area (Å²) in [5, 5.41) is 4.07. The normalized spacial score (nSPS) is 16.1. The highest BCUT2D eigenvalue weighted by atomic mass is 35.5. The van der Waals surface area contributed by atoms with Gasteiger partial charge in [-0.1, -0.05) is 11.6 Å². The molecule has 76 valence electrons. The molecule has 0 aromatic heterocycles. The maximum absolute atomic E-state index is 6.00. The Morgan fingerprint density at radius 2 is 2.29 bits per heavy atom. The minimum absolute atomic E-state index is 0.601. The Morgan fingerprint density at radius 3 is 2.79 bits per heavy atom. The Hall–Kier alpha value is -0.540. The van der Waals surface area contributed by atoms with Crippen LogP contribution in [-0.4, -0.2) is 24.7 Å². The molecule has 14 heavy (non-hydrogen) atoms. The van der Waals surface area contributed by atoms with E-state index in [-0.39, 0.29) is 0 Å². The van der Waals surface area contributed by atoms with Crippen LogP contribution in [0.1, 0.15) is 0 Å². The summed E-state index contributed by atoms with van der Waals surface area (Å²) in [5.41, 5.74) is 1.07. The number of anilines is 1. The van der Waals surface area contributed by atoms with Gasteiger partial charge >= 0.3 is 0 Å². The van der Waals surface area contributed by atoms with Gasteiger partial charge in [0.2, 0.25) is 0 Å². The topological polar surface area (TPSA) is 21.3 Å². The van der Waals surface area contributed by atoms with Crippen molar-refractivity contribution >= 4 is 29.1 Å². The molecule has 0 bridgehead atoms. The summed E-state index contributed by atoms with van der Waals surface area (Å²) < 4.78 is 5.08. The second-order valence-corrected chi connectivity index (χ2v) is 4.71. The summed E-state index contributed by atoms with van der Waals surface area (Å²) in [6.45, 7) is 0. The predicted molar refractivity (Wildman–Crippen MR) is 62.7 cm³/mol. The largest absolute Gasteiger partial charge is 0.495 e. The van der Waals surface area contributed by atoms with Crippen LogP contribution in [0.3, 0.4) is 0 Å². The lowest BCUT2D eigenvalue weighted by atomic mass is 10.2. The molecule has 0 saturated carbocycles. The fraction of sp³-hybridized carbons (Fsp3) is 0.400. The Morgan fingerprint density at radius 1 is 1.50 bits per heavy atom. The molecular weight excluding hydrogens is 218 g/mol. The molecule has 0 spiro atoms. The monoisotopic (exact) mass is 229 g/mol. The van der Waals surface area contributed by atoms with Gasteiger partial charge in [-0.2, -0.15) is 11.8 Å². The zero-order valence-corrected chi connectivity index (χ0v) is 9.49. The molecule has 0 radical (unpaired) electrons. The van der Waals surface area contributed by atoms with E-state index in [1.165, 1.54) is 11.5 Å². The van der Waals surface area contributed by atoms with Crippen LogP contribution in [-0.2, 0) is 0 Å². The van der Waals surface area contributed by atoms with E-state index < -0.39 is 0 Å². The van der Waals surface area contributed by atoms with E-state index in [0.29, 0.717) is 11.1 Å². The second kappa shape index (κ2) is 4.32. The summed E-state index contributed by atoms with van der Waals surface area (Å²) in [6.07, 6.45) is 0.